The molecule has 2 atom stereocenters. The SMILES string of the molecule is CN(C)[C@]1(c2ccccc2)CCN(C(=O)CCCn2cccn2)C[C@H]1O. The molecule has 1 amide bonds. The van der Waals surface area contributed by atoms with Crippen LogP contribution in [-0.2, 0) is 16.9 Å². The van der Waals surface area contributed by atoms with E-state index >= 15 is 0 Å². The lowest BCUT2D eigenvalue weighted by atomic mass is 9.77. The second-order valence-electron chi connectivity index (χ2n) is 7.16. The number of β-amino-alcohol motifs (C(OH)–C–C–N with tert-alkyl or cyclic N) is 1. The van der Waals surface area contributed by atoms with Gasteiger partial charge in [0.1, 0.15) is 0 Å². The lowest BCUT2D eigenvalue weighted by molar-refractivity contribution is -0.140. The molecule has 6 heteroatoms. The van der Waals surface area contributed by atoms with Crippen LogP contribution in [0.5, 0.6) is 0 Å². The molecular formula is C20H28N4O2. The van der Waals surface area contributed by atoms with Gasteiger partial charge in [-0.2, -0.15) is 5.10 Å². The maximum Gasteiger partial charge on any atom is 0.222 e. The fourth-order valence-corrected chi connectivity index (χ4v) is 3.98. The summed E-state index contributed by atoms with van der Waals surface area (Å²) < 4.78 is 1.84. The number of amides is 1. The highest BCUT2D eigenvalue weighted by Crippen LogP contribution is 2.37. The van der Waals surface area contributed by atoms with Crippen molar-refractivity contribution in [2.45, 2.75) is 37.5 Å². The molecule has 26 heavy (non-hydrogen) atoms. The van der Waals surface area contributed by atoms with E-state index in [0.717, 1.165) is 24.9 Å². The van der Waals surface area contributed by atoms with Crippen LogP contribution in [0.25, 0.3) is 0 Å². The van der Waals surface area contributed by atoms with Gasteiger partial charge in [0.2, 0.25) is 5.91 Å². The molecule has 0 saturated carbocycles. The van der Waals surface area contributed by atoms with Crippen LogP contribution in [0.15, 0.2) is 48.8 Å². The molecule has 0 radical (unpaired) electrons. The van der Waals surface area contributed by atoms with E-state index < -0.39 is 11.6 Å². The first-order valence-electron chi connectivity index (χ1n) is 9.20. The second kappa shape index (κ2) is 8.01. The van der Waals surface area contributed by atoms with Crippen molar-refractivity contribution in [2.75, 3.05) is 27.2 Å². The number of carbonyl (C=O) groups is 1. The molecule has 1 aromatic carbocycles. The number of aliphatic hydroxyl groups excluding tert-OH is 1. The first kappa shape index (κ1) is 18.6. The monoisotopic (exact) mass is 356 g/mol. The summed E-state index contributed by atoms with van der Waals surface area (Å²) in [4.78, 5) is 16.5. The molecule has 0 spiro atoms. The Morgan fingerprint density at radius 3 is 2.69 bits per heavy atom. The predicted octanol–water partition coefficient (Wildman–Crippen LogP) is 1.71. The molecule has 0 aliphatic carbocycles. The van der Waals surface area contributed by atoms with E-state index in [-0.39, 0.29) is 5.91 Å². The van der Waals surface area contributed by atoms with Crippen molar-refractivity contribution in [3.8, 4) is 0 Å². The molecule has 2 heterocycles. The average molecular weight is 356 g/mol. The summed E-state index contributed by atoms with van der Waals surface area (Å²) in [5, 5.41) is 15.1. The van der Waals surface area contributed by atoms with Gasteiger partial charge in [-0.05, 0) is 38.6 Å². The van der Waals surface area contributed by atoms with Crippen molar-refractivity contribution in [1.82, 2.24) is 19.6 Å². The van der Waals surface area contributed by atoms with Crippen LogP contribution in [0.4, 0.5) is 0 Å². The number of hydrogen-bond acceptors (Lipinski definition) is 4. The van der Waals surface area contributed by atoms with Gasteiger partial charge in [0.05, 0.1) is 11.6 Å². The van der Waals surface area contributed by atoms with Crippen molar-refractivity contribution in [2.24, 2.45) is 0 Å². The van der Waals surface area contributed by atoms with E-state index in [2.05, 4.69) is 22.1 Å². The highest BCUT2D eigenvalue weighted by molar-refractivity contribution is 5.76. The Morgan fingerprint density at radius 2 is 2.08 bits per heavy atom. The average Bonchev–Trinajstić information content (AvgIpc) is 3.15. The largest absolute Gasteiger partial charge is 0.389 e. The summed E-state index contributed by atoms with van der Waals surface area (Å²) in [7, 11) is 4.00. The number of rotatable bonds is 6. The van der Waals surface area contributed by atoms with E-state index in [1.807, 2.05) is 49.2 Å². The standard InChI is InChI=1S/C20H28N4O2/c1-22(2)20(17-8-4-3-5-9-17)11-15-23(16-18(20)25)19(26)10-6-13-24-14-7-12-21-24/h3-5,7-9,12,14,18,25H,6,10-11,13,15-16H2,1-2H3/t18-,20+/m1/s1. The Balaban J connectivity index is 1.62. The van der Waals surface area contributed by atoms with Crippen LogP contribution >= 0.6 is 0 Å². The van der Waals surface area contributed by atoms with Crippen LogP contribution in [0.2, 0.25) is 0 Å². The molecular weight excluding hydrogens is 328 g/mol. The maximum absolute atomic E-state index is 12.6. The quantitative estimate of drug-likeness (QED) is 0.856. The zero-order valence-corrected chi connectivity index (χ0v) is 15.6. The van der Waals surface area contributed by atoms with Crippen molar-refractivity contribution >= 4 is 5.91 Å². The van der Waals surface area contributed by atoms with Gasteiger partial charge in [-0.25, -0.2) is 0 Å². The Labute approximate surface area is 155 Å². The van der Waals surface area contributed by atoms with E-state index in [1.165, 1.54) is 0 Å². The number of likely N-dealkylation sites (N-methyl/N-ethyl adjacent to an activating group) is 1. The Morgan fingerprint density at radius 1 is 1.31 bits per heavy atom. The van der Waals surface area contributed by atoms with Gasteiger partial charge in [-0.3, -0.25) is 14.4 Å². The van der Waals surface area contributed by atoms with Gasteiger partial charge < -0.3 is 10.0 Å². The van der Waals surface area contributed by atoms with E-state index in [1.54, 1.807) is 11.1 Å². The van der Waals surface area contributed by atoms with Gasteiger partial charge in [0, 0.05) is 38.4 Å². The molecule has 2 aromatic rings. The lowest BCUT2D eigenvalue weighted by Crippen LogP contribution is -2.60. The fraction of sp³-hybridized carbons (Fsp3) is 0.500. The Hall–Kier alpha value is -2.18. The minimum atomic E-state index is -0.622. The molecule has 6 nitrogen and oxygen atoms in total. The van der Waals surface area contributed by atoms with Crippen LogP contribution in [0, 0.1) is 0 Å². The smallest absolute Gasteiger partial charge is 0.222 e. The third kappa shape index (κ3) is 3.66. The number of nitrogens with zero attached hydrogens (tertiary/aromatic N) is 4. The predicted molar refractivity (Wildman–Crippen MR) is 100 cm³/mol. The summed E-state index contributed by atoms with van der Waals surface area (Å²) >= 11 is 0. The molecule has 1 aromatic heterocycles. The minimum absolute atomic E-state index is 0.108. The number of carbonyl (C=O) groups excluding carboxylic acids is 1. The molecule has 0 bridgehead atoms. The van der Waals surface area contributed by atoms with E-state index in [0.29, 0.717) is 19.5 Å². The molecule has 1 N–H and O–H groups in total. The first-order valence-corrected chi connectivity index (χ1v) is 9.20. The van der Waals surface area contributed by atoms with Crippen LogP contribution in [-0.4, -0.2) is 63.9 Å². The first-order chi connectivity index (χ1) is 12.5. The van der Waals surface area contributed by atoms with Crippen molar-refractivity contribution in [1.29, 1.82) is 0 Å². The second-order valence-corrected chi connectivity index (χ2v) is 7.16. The van der Waals surface area contributed by atoms with Crippen LogP contribution in [0.1, 0.15) is 24.8 Å². The number of benzene rings is 1. The van der Waals surface area contributed by atoms with Gasteiger partial charge in [-0.1, -0.05) is 30.3 Å². The summed E-state index contributed by atoms with van der Waals surface area (Å²) in [6, 6.07) is 12.0. The van der Waals surface area contributed by atoms with Gasteiger partial charge >= 0.3 is 0 Å². The van der Waals surface area contributed by atoms with E-state index in [9.17, 15) is 9.90 Å². The highest BCUT2D eigenvalue weighted by atomic mass is 16.3. The van der Waals surface area contributed by atoms with E-state index in [4.69, 9.17) is 0 Å². The lowest BCUT2D eigenvalue weighted by Gasteiger charge is -2.49. The minimum Gasteiger partial charge on any atom is -0.389 e. The van der Waals surface area contributed by atoms with Gasteiger partial charge in [0.25, 0.3) is 0 Å². The zero-order chi connectivity index (χ0) is 18.6. The van der Waals surface area contributed by atoms with Crippen molar-refractivity contribution in [3.63, 3.8) is 0 Å². The topological polar surface area (TPSA) is 61.6 Å². The number of aromatic nitrogens is 2. The molecule has 140 valence electrons. The molecule has 1 fully saturated rings. The molecule has 1 saturated heterocycles. The summed E-state index contributed by atoms with van der Waals surface area (Å²) in [6.07, 6.45) is 4.98. The molecule has 1 aliphatic rings. The van der Waals surface area contributed by atoms with Gasteiger partial charge in [0.15, 0.2) is 0 Å². The summed E-state index contributed by atoms with van der Waals surface area (Å²) in [5.41, 5.74) is 0.649. The van der Waals surface area contributed by atoms with Gasteiger partial charge in [-0.15, -0.1) is 0 Å². The third-order valence-corrected chi connectivity index (χ3v) is 5.47. The number of hydrogen-bond donors (Lipinski definition) is 1. The number of aliphatic hydroxyl groups is 1. The molecule has 3 rings (SSSR count). The third-order valence-electron chi connectivity index (χ3n) is 5.47. The molecule has 1 aliphatic heterocycles. The Bertz CT molecular complexity index is 702. The molecule has 0 unspecified atom stereocenters. The number of aryl methyl sites for hydroxylation is 1. The Kier molecular flexibility index (Phi) is 5.74. The van der Waals surface area contributed by atoms with Crippen LogP contribution < -0.4 is 0 Å². The number of likely N-dealkylation sites (tertiary alicyclic amines) is 1. The summed E-state index contributed by atoms with van der Waals surface area (Å²) in [6.45, 7) is 1.76. The zero-order valence-electron chi connectivity index (χ0n) is 15.6. The summed E-state index contributed by atoms with van der Waals surface area (Å²) in [5.74, 6) is 0.108. The van der Waals surface area contributed by atoms with Crippen molar-refractivity contribution < 1.29 is 9.90 Å². The number of piperidine rings is 1. The maximum atomic E-state index is 12.6. The fourth-order valence-electron chi connectivity index (χ4n) is 3.98. The normalized spacial score (nSPS) is 23.4. The van der Waals surface area contributed by atoms with Crippen molar-refractivity contribution in [3.05, 3.63) is 54.4 Å². The highest BCUT2D eigenvalue weighted by Gasteiger charge is 2.46. The van der Waals surface area contributed by atoms with Crippen LogP contribution in [0.3, 0.4) is 0 Å².